The summed E-state index contributed by atoms with van der Waals surface area (Å²) in [5.74, 6) is 0.406. The Balaban J connectivity index is 2.53. The fourth-order valence-electron chi connectivity index (χ4n) is 0.711. The Morgan fingerprint density at radius 2 is 2.58 bits per heavy atom. The zero-order valence-corrected chi connectivity index (χ0v) is 7.58. The largest absolute Gasteiger partial charge is 0.350 e. The number of aryl methyl sites for hydroxylation is 1. The highest BCUT2D eigenvalue weighted by Gasteiger charge is 2.07. The first kappa shape index (κ1) is 9.05. The van der Waals surface area contributed by atoms with Gasteiger partial charge in [-0.05, 0) is 0 Å². The highest BCUT2D eigenvalue weighted by molar-refractivity contribution is 7.80. The lowest BCUT2D eigenvalue weighted by molar-refractivity contribution is 0.0951. The van der Waals surface area contributed by atoms with Crippen molar-refractivity contribution in [2.45, 2.75) is 0 Å². The molecule has 0 aliphatic rings. The van der Waals surface area contributed by atoms with Gasteiger partial charge >= 0.3 is 0 Å². The van der Waals surface area contributed by atoms with Gasteiger partial charge in [0.05, 0.1) is 6.20 Å². The molecule has 1 rings (SSSR count). The Morgan fingerprint density at radius 1 is 1.83 bits per heavy atom. The number of carbonyl (C=O) groups excluding carboxylic acids is 1. The van der Waals surface area contributed by atoms with Gasteiger partial charge in [0.1, 0.15) is 0 Å². The van der Waals surface area contributed by atoms with E-state index in [-0.39, 0.29) is 5.91 Å². The van der Waals surface area contributed by atoms with Gasteiger partial charge in [0.15, 0.2) is 5.69 Å². The maximum Gasteiger partial charge on any atom is 0.273 e. The monoisotopic (exact) mass is 186 g/mol. The maximum atomic E-state index is 11.2. The Bertz CT molecular complexity index is 272. The van der Waals surface area contributed by atoms with Crippen molar-refractivity contribution in [1.29, 1.82) is 0 Å². The van der Waals surface area contributed by atoms with Crippen LogP contribution in [-0.2, 0) is 7.05 Å². The number of thiol groups is 1. The first-order chi connectivity index (χ1) is 5.74. The molecule has 12 heavy (non-hydrogen) atoms. The average molecular weight is 186 g/mol. The molecule has 0 unspecified atom stereocenters. The molecule has 0 aliphatic heterocycles. The van der Waals surface area contributed by atoms with Crippen LogP contribution in [0.5, 0.6) is 0 Å². The number of hydrogen-bond donors (Lipinski definition) is 2. The number of nitrogens with one attached hydrogen (secondary N) is 1. The van der Waals surface area contributed by atoms with Crippen molar-refractivity contribution in [2.75, 3.05) is 12.3 Å². The summed E-state index contributed by atoms with van der Waals surface area (Å²) in [5.41, 5.74) is 0.333. The second kappa shape index (κ2) is 4.10. The van der Waals surface area contributed by atoms with Crippen molar-refractivity contribution in [2.24, 2.45) is 7.05 Å². The lowest BCUT2D eigenvalue weighted by Gasteiger charge is -1.97. The van der Waals surface area contributed by atoms with Crippen LogP contribution < -0.4 is 5.32 Å². The van der Waals surface area contributed by atoms with Crippen LogP contribution in [0.3, 0.4) is 0 Å². The molecule has 1 amide bonds. The molecule has 0 radical (unpaired) electrons. The van der Waals surface area contributed by atoms with E-state index < -0.39 is 0 Å². The number of hydrogen-bond acceptors (Lipinski definition) is 4. The second-order valence-electron chi connectivity index (χ2n) is 2.26. The molecule has 0 saturated carbocycles. The van der Waals surface area contributed by atoms with E-state index in [1.807, 2.05) is 0 Å². The van der Waals surface area contributed by atoms with Crippen LogP contribution in [0.15, 0.2) is 6.20 Å². The fourth-order valence-corrected chi connectivity index (χ4v) is 0.823. The molecule has 0 saturated heterocycles. The van der Waals surface area contributed by atoms with Crippen LogP contribution in [-0.4, -0.2) is 33.2 Å². The fraction of sp³-hybridized carbons (Fsp3) is 0.500. The SMILES string of the molecule is Cn1cc(C(=O)NCCS)nn1. The number of amides is 1. The summed E-state index contributed by atoms with van der Waals surface area (Å²) < 4.78 is 1.48. The summed E-state index contributed by atoms with van der Waals surface area (Å²) in [7, 11) is 1.71. The van der Waals surface area contributed by atoms with E-state index in [0.717, 1.165) is 0 Å². The van der Waals surface area contributed by atoms with Gasteiger partial charge in [-0.3, -0.25) is 9.48 Å². The summed E-state index contributed by atoms with van der Waals surface area (Å²) in [6.07, 6.45) is 1.56. The van der Waals surface area contributed by atoms with Crippen LogP contribution in [0.4, 0.5) is 0 Å². The van der Waals surface area contributed by atoms with E-state index in [0.29, 0.717) is 18.0 Å². The highest BCUT2D eigenvalue weighted by atomic mass is 32.1. The molecule has 66 valence electrons. The number of nitrogens with zero attached hydrogens (tertiary/aromatic N) is 3. The maximum absolute atomic E-state index is 11.2. The number of carbonyl (C=O) groups is 1. The lowest BCUT2D eigenvalue weighted by atomic mass is 10.4. The van der Waals surface area contributed by atoms with E-state index in [2.05, 4.69) is 28.3 Å². The Hall–Kier alpha value is -1.04. The molecule has 6 heteroatoms. The van der Waals surface area contributed by atoms with Gasteiger partial charge in [0, 0.05) is 19.3 Å². The predicted molar refractivity (Wildman–Crippen MR) is 47.2 cm³/mol. The van der Waals surface area contributed by atoms with Crippen LogP contribution >= 0.6 is 12.6 Å². The number of aromatic nitrogens is 3. The zero-order chi connectivity index (χ0) is 8.97. The molecule has 1 heterocycles. The highest BCUT2D eigenvalue weighted by Crippen LogP contribution is 1.89. The van der Waals surface area contributed by atoms with Crippen molar-refractivity contribution in [3.05, 3.63) is 11.9 Å². The summed E-state index contributed by atoms with van der Waals surface area (Å²) in [6, 6.07) is 0. The van der Waals surface area contributed by atoms with Gasteiger partial charge < -0.3 is 5.32 Å². The average Bonchev–Trinajstić information content (AvgIpc) is 2.47. The minimum Gasteiger partial charge on any atom is -0.350 e. The Kier molecular flexibility index (Phi) is 3.09. The van der Waals surface area contributed by atoms with Gasteiger partial charge in [0.25, 0.3) is 5.91 Å². The molecule has 0 fully saturated rings. The molecule has 0 aromatic carbocycles. The third-order valence-electron chi connectivity index (χ3n) is 1.23. The molecular weight excluding hydrogens is 176 g/mol. The van der Waals surface area contributed by atoms with Crippen LogP contribution in [0, 0.1) is 0 Å². The molecule has 1 aromatic rings. The minimum atomic E-state index is -0.211. The Labute approximate surface area is 75.6 Å². The molecule has 1 N–H and O–H groups in total. The first-order valence-electron chi connectivity index (χ1n) is 3.49. The molecular formula is C6H10N4OS. The summed E-state index contributed by atoms with van der Waals surface area (Å²) in [6.45, 7) is 0.540. The second-order valence-corrected chi connectivity index (χ2v) is 2.70. The van der Waals surface area contributed by atoms with E-state index in [1.165, 1.54) is 4.68 Å². The molecule has 1 aromatic heterocycles. The molecule has 0 bridgehead atoms. The van der Waals surface area contributed by atoms with E-state index in [4.69, 9.17) is 0 Å². The first-order valence-corrected chi connectivity index (χ1v) is 4.12. The van der Waals surface area contributed by atoms with Crippen molar-refractivity contribution in [1.82, 2.24) is 20.3 Å². The van der Waals surface area contributed by atoms with Crippen LogP contribution in [0.2, 0.25) is 0 Å². The van der Waals surface area contributed by atoms with Crippen molar-refractivity contribution >= 4 is 18.5 Å². The molecule has 5 nitrogen and oxygen atoms in total. The van der Waals surface area contributed by atoms with E-state index in [1.54, 1.807) is 13.2 Å². The third-order valence-corrected chi connectivity index (χ3v) is 1.46. The van der Waals surface area contributed by atoms with Crippen LogP contribution in [0.1, 0.15) is 10.5 Å². The predicted octanol–water partition coefficient (Wildman–Crippen LogP) is -0.525. The normalized spacial score (nSPS) is 9.83. The summed E-state index contributed by atoms with van der Waals surface area (Å²) >= 11 is 3.96. The minimum absolute atomic E-state index is 0.211. The molecule has 0 atom stereocenters. The number of rotatable bonds is 3. The van der Waals surface area contributed by atoms with Crippen LogP contribution in [0.25, 0.3) is 0 Å². The van der Waals surface area contributed by atoms with Gasteiger partial charge in [-0.25, -0.2) is 0 Å². The van der Waals surface area contributed by atoms with E-state index in [9.17, 15) is 4.79 Å². The van der Waals surface area contributed by atoms with Crippen molar-refractivity contribution in [3.8, 4) is 0 Å². The van der Waals surface area contributed by atoms with Gasteiger partial charge in [-0.15, -0.1) is 5.10 Å². The molecule has 0 aliphatic carbocycles. The van der Waals surface area contributed by atoms with Gasteiger partial charge in [-0.2, -0.15) is 12.6 Å². The standard InChI is InChI=1S/C6H10N4OS/c1-10-4-5(8-9-10)6(11)7-2-3-12/h4,12H,2-3H2,1H3,(H,7,11). The summed E-state index contributed by atoms with van der Waals surface area (Å²) in [5, 5.41) is 9.91. The van der Waals surface area contributed by atoms with E-state index >= 15 is 0 Å². The third kappa shape index (κ3) is 2.23. The van der Waals surface area contributed by atoms with Crippen molar-refractivity contribution in [3.63, 3.8) is 0 Å². The topological polar surface area (TPSA) is 59.8 Å². The Morgan fingerprint density at radius 3 is 3.08 bits per heavy atom. The quantitative estimate of drug-likeness (QED) is 0.624. The van der Waals surface area contributed by atoms with Gasteiger partial charge in [-0.1, -0.05) is 5.21 Å². The zero-order valence-electron chi connectivity index (χ0n) is 6.69. The van der Waals surface area contributed by atoms with Gasteiger partial charge in [0.2, 0.25) is 0 Å². The molecule has 0 spiro atoms. The van der Waals surface area contributed by atoms with Crippen molar-refractivity contribution < 1.29 is 4.79 Å². The smallest absolute Gasteiger partial charge is 0.273 e. The summed E-state index contributed by atoms with van der Waals surface area (Å²) in [4.78, 5) is 11.2. The lowest BCUT2D eigenvalue weighted by Crippen LogP contribution is -2.25.